The zero-order chi connectivity index (χ0) is 15.6. The molecule has 112 valence electrons. The van der Waals surface area contributed by atoms with Crippen LogP contribution in [0.4, 0.5) is 5.69 Å². The first-order chi connectivity index (χ1) is 9.83. The lowest BCUT2D eigenvalue weighted by atomic mass is 10.2. The van der Waals surface area contributed by atoms with E-state index in [2.05, 4.69) is 4.72 Å². The first-order valence-corrected chi connectivity index (χ1v) is 7.67. The molecule has 0 aliphatic carbocycles. The number of nitrogen functional groups attached to an aromatic ring is 1. The summed E-state index contributed by atoms with van der Waals surface area (Å²) in [6.45, 7) is 3.51. The molecule has 0 atom stereocenters. The molecular formula is C14H17N3O3S. The summed E-state index contributed by atoms with van der Waals surface area (Å²) >= 11 is 0. The van der Waals surface area contributed by atoms with E-state index in [9.17, 15) is 8.42 Å². The Hall–Kier alpha value is -2.28. The van der Waals surface area contributed by atoms with Gasteiger partial charge in [-0.05, 0) is 24.6 Å². The number of benzene rings is 1. The molecule has 0 fully saturated rings. The van der Waals surface area contributed by atoms with Crippen LogP contribution in [0.2, 0.25) is 0 Å². The maximum absolute atomic E-state index is 12.4. The summed E-state index contributed by atoms with van der Waals surface area (Å²) < 4.78 is 34.9. The van der Waals surface area contributed by atoms with Crippen LogP contribution in [0, 0.1) is 13.8 Å². The predicted octanol–water partition coefficient (Wildman–Crippen LogP) is 1.71. The van der Waals surface area contributed by atoms with Crippen molar-refractivity contribution in [2.24, 2.45) is 0 Å². The minimum Gasteiger partial charge on any atom is -0.572 e. The number of ether oxygens (including phenoxy) is 1. The van der Waals surface area contributed by atoms with Crippen molar-refractivity contribution >= 4 is 15.7 Å². The summed E-state index contributed by atoms with van der Waals surface area (Å²) in [4.78, 5) is 0.0893. The summed E-state index contributed by atoms with van der Waals surface area (Å²) in [7, 11) is -2.28. The highest BCUT2D eigenvalue weighted by atomic mass is 32.2. The summed E-state index contributed by atoms with van der Waals surface area (Å²) in [6.07, 6.45) is 1.37. The Labute approximate surface area is 124 Å². The zero-order valence-electron chi connectivity index (χ0n) is 12.1. The molecule has 0 unspecified atom stereocenters. The van der Waals surface area contributed by atoms with Gasteiger partial charge in [0.2, 0.25) is 11.9 Å². The van der Waals surface area contributed by atoms with Gasteiger partial charge in [-0.2, -0.15) is 0 Å². The van der Waals surface area contributed by atoms with E-state index in [0.29, 0.717) is 17.0 Å². The Morgan fingerprint density at radius 2 is 1.81 bits per heavy atom. The molecular weight excluding hydrogens is 290 g/mol. The van der Waals surface area contributed by atoms with Crippen molar-refractivity contribution in [1.82, 2.24) is 0 Å². The van der Waals surface area contributed by atoms with Gasteiger partial charge in [-0.1, -0.05) is 16.8 Å². The number of hydrogen-bond donors (Lipinski definition) is 1. The van der Waals surface area contributed by atoms with Gasteiger partial charge < -0.3 is 9.46 Å². The van der Waals surface area contributed by atoms with Gasteiger partial charge in [0.25, 0.3) is 0 Å². The molecule has 1 heterocycles. The Bertz CT molecular complexity index is 756. The quantitative estimate of drug-likeness (QED) is 0.688. The second-order valence-corrected chi connectivity index (χ2v) is 6.21. The molecule has 0 radical (unpaired) electrons. The lowest BCUT2D eigenvalue weighted by molar-refractivity contribution is -0.647. The van der Waals surface area contributed by atoms with Crippen LogP contribution in [0.3, 0.4) is 0 Å². The second-order valence-electron chi connectivity index (χ2n) is 4.63. The normalized spacial score (nSPS) is 11.2. The summed E-state index contributed by atoms with van der Waals surface area (Å²) in [5, 5.41) is 0. The van der Waals surface area contributed by atoms with E-state index in [-0.39, 0.29) is 4.90 Å². The van der Waals surface area contributed by atoms with E-state index in [1.165, 1.54) is 10.9 Å². The summed E-state index contributed by atoms with van der Waals surface area (Å²) in [5.74, 6) is 6.35. The van der Waals surface area contributed by atoms with E-state index < -0.39 is 10.0 Å². The molecule has 0 saturated heterocycles. The van der Waals surface area contributed by atoms with Crippen LogP contribution in [-0.4, -0.2) is 15.5 Å². The van der Waals surface area contributed by atoms with Crippen LogP contribution < -0.4 is 15.3 Å². The van der Waals surface area contributed by atoms with Gasteiger partial charge >= 0.3 is 0 Å². The van der Waals surface area contributed by atoms with Gasteiger partial charge in [-0.3, -0.25) is 0 Å². The average Bonchev–Trinajstić information content (AvgIpc) is 2.43. The van der Waals surface area contributed by atoms with E-state index in [1.807, 2.05) is 0 Å². The molecule has 2 aromatic rings. The van der Waals surface area contributed by atoms with Crippen molar-refractivity contribution < 1.29 is 17.8 Å². The van der Waals surface area contributed by atoms with Crippen molar-refractivity contribution in [1.29, 1.82) is 0 Å². The fraction of sp³-hybridized carbons (Fsp3) is 0.214. The Balaban J connectivity index is 2.35. The molecule has 21 heavy (non-hydrogen) atoms. The van der Waals surface area contributed by atoms with Gasteiger partial charge in [-0.25, -0.2) is 14.3 Å². The lowest BCUT2D eigenvalue weighted by Gasteiger charge is -2.22. The fourth-order valence-electron chi connectivity index (χ4n) is 1.89. The second kappa shape index (κ2) is 5.61. The zero-order valence-corrected chi connectivity index (χ0v) is 12.9. The summed E-state index contributed by atoms with van der Waals surface area (Å²) in [5.41, 5.74) is 1.70. The van der Waals surface area contributed by atoms with Gasteiger partial charge in [-0.15, -0.1) is 5.69 Å². The van der Waals surface area contributed by atoms with Crippen LogP contribution in [-0.2, 0) is 10.0 Å². The molecule has 1 aromatic heterocycles. The minimum atomic E-state index is -3.82. The molecule has 2 N–H and O–H groups in total. The first kappa shape index (κ1) is 15.1. The van der Waals surface area contributed by atoms with Gasteiger partial charge in [0.1, 0.15) is 20.7 Å². The third-order valence-electron chi connectivity index (χ3n) is 3.05. The average molecular weight is 307 g/mol. The van der Waals surface area contributed by atoms with Gasteiger partial charge in [0.15, 0.2) is 0 Å². The number of aromatic nitrogens is 1. The highest BCUT2D eigenvalue weighted by Crippen LogP contribution is 2.30. The molecule has 0 saturated carbocycles. The number of pyridine rings is 1. The van der Waals surface area contributed by atoms with Crippen LogP contribution >= 0.6 is 0 Å². The van der Waals surface area contributed by atoms with Crippen molar-refractivity contribution in [3.8, 4) is 5.75 Å². The molecule has 0 amide bonds. The number of rotatable bonds is 4. The Kier molecular flexibility index (Phi) is 4.04. The van der Waals surface area contributed by atoms with Crippen LogP contribution in [0.15, 0.2) is 41.4 Å². The molecule has 2 rings (SSSR count). The predicted molar refractivity (Wildman–Crippen MR) is 79.5 cm³/mol. The standard InChI is InChI=1S/C14H17N3O3S/c1-10-8-11(2)17(15)9-14(10)21(18,19)16-12-4-6-13(20-3)7-5-12/h4-9H,15H2,1-3H3. The topological polar surface area (TPSA) is 87.4 Å². The highest BCUT2D eigenvalue weighted by Gasteiger charge is 2.16. The van der Waals surface area contributed by atoms with Gasteiger partial charge in [0, 0.05) is 13.0 Å². The Morgan fingerprint density at radius 3 is 2.38 bits per heavy atom. The smallest absolute Gasteiger partial charge is 0.216 e. The molecule has 6 nitrogen and oxygen atoms in total. The SMILES string of the molecule is COc1ccc([N-]S(=O)(=O)c2c[n+](N)c(C)cc2C)cc1. The third-order valence-corrected chi connectivity index (χ3v) is 4.49. The maximum atomic E-state index is 12.4. The number of sulfonamides is 1. The van der Waals surface area contributed by atoms with Crippen molar-refractivity contribution in [2.45, 2.75) is 18.7 Å². The van der Waals surface area contributed by atoms with E-state index >= 15 is 0 Å². The minimum absolute atomic E-state index is 0.0893. The van der Waals surface area contributed by atoms with Crippen LogP contribution in [0.5, 0.6) is 5.75 Å². The van der Waals surface area contributed by atoms with Crippen molar-refractivity contribution in [3.63, 3.8) is 0 Å². The molecule has 0 aliphatic rings. The summed E-state index contributed by atoms with van der Waals surface area (Å²) in [6, 6.07) is 8.17. The largest absolute Gasteiger partial charge is 0.572 e. The molecule has 0 aliphatic heterocycles. The molecule has 7 heteroatoms. The van der Waals surface area contributed by atoms with E-state index in [1.54, 1.807) is 51.3 Å². The Morgan fingerprint density at radius 1 is 1.19 bits per heavy atom. The van der Waals surface area contributed by atoms with Crippen LogP contribution in [0.25, 0.3) is 4.72 Å². The maximum Gasteiger partial charge on any atom is 0.216 e. The highest BCUT2D eigenvalue weighted by molar-refractivity contribution is 7.94. The number of aryl methyl sites for hydroxylation is 2. The van der Waals surface area contributed by atoms with Gasteiger partial charge in [0.05, 0.1) is 7.11 Å². The fourth-order valence-corrected chi connectivity index (χ4v) is 3.10. The number of hydrogen-bond acceptors (Lipinski definition) is 4. The van der Waals surface area contributed by atoms with E-state index in [4.69, 9.17) is 10.6 Å². The lowest BCUT2D eigenvalue weighted by Crippen LogP contribution is -2.47. The number of nitrogens with two attached hydrogens (primary N) is 1. The van der Waals surface area contributed by atoms with Crippen molar-refractivity contribution in [3.05, 3.63) is 52.5 Å². The third kappa shape index (κ3) is 3.25. The molecule has 0 spiro atoms. The first-order valence-electron chi connectivity index (χ1n) is 6.23. The monoisotopic (exact) mass is 307 g/mol. The van der Waals surface area contributed by atoms with Crippen molar-refractivity contribution in [2.75, 3.05) is 13.0 Å². The van der Waals surface area contributed by atoms with Crippen LogP contribution in [0.1, 0.15) is 11.3 Å². The van der Waals surface area contributed by atoms with E-state index in [0.717, 1.165) is 5.69 Å². The molecule has 0 bridgehead atoms. The molecule has 1 aromatic carbocycles. The number of methoxy groups -OCH3 is 1. The number of nitrogens with zero attached hydrogens (tertiary/aromatic N) is 2.